The van der Waals surface area contributed by atoms with Crippen molar-refractivity contribution in [1.29, 1.82) is 0 Å². The molecule has 0 bridgehead atoms. The molecule has 1 amide bonds. The summed E-state index contributed by atoms with van der Waals surface area (Å²) in [5.41, 5.74) is 6.95. The quantitative estimate of drug-likeness (QED) is 0.906. The van der Waals surface area contributed by atoms with Gasteiger partial charge < -0.3 is 10.6 Å². The van der Waals surface area contributed by atoms with Crippen molar-refractivity contribution in [1.82, 2.24) is 4.90 Å². The number of carbonyl (C=O) groups excluding carboxylic acids is 1. The molecule has 4 heteroatoms. The highest BCUT2D eigenvalue weighted by Gasteiger charge is 2.26. The summed E-state index contributed by atoms with van der Waals surface area (Å²) < 4.78 is 13.2. The Bertz CT molecular complexity index is 478. The Morgan fingerprint density at radius 3 is 2.81 bits per heavy atom. The van der Waals surface area contributed by atoms with Crippen LogP contribution in [0.15, 0.2) is 24.3 Å². The highest BCUT2D eigenvalue weighted by Crippen LogP contribution is 2.26. The molecule has 2 rings (SSSR count). The van der Waals surface area contributed by atoms with Gasteiger partial charge in [-0.15, -0.1) is 0 Å². The number of carbonyl (C=O) groups is 1. The SMILES string of the molecule is CCN(Cc1cccc(F)c1)C(=O)CC1CCCCC1N. The van der Waals surface area contributed by atoms with Gasteiger partial charge in [-0.2, -0.15) is 0 Å². The Labute approximate surface area is 126 Å². The van der Waals surface area contributed by atoms with E-state index in [0.29, 0.717) is 25.4 Å². The first kappa shape index (κ1) is 16.0. The summed E-state index contributed by atoms with van der Waals surface area (Å²) in [5, 5.41) is 0. The third kappa shape index (κ3) is 4.53. The van der Waals surface area contributed by atoms with Gasteiger partial charge in [0.15, 0.2) is 0 Å². The van der Waals surface area contributed by atoms with Crippen LogP contribution < -0.4 is 5.73 Å². The summed E-state index contributed by atoms with van der Waals surface area (Å²) in [6.07, 6.45) is 4.93. The van der Waals surface area contributed by atoms with E-state index in [-0.39, 0.29) is 17.8 Å². The van der Waals surface area contributed by atoms with E-state index < -0.39 is 0 Å². The molecule has 116 valence electrons. The average molecular weight is 292 g/mol. The number of nitrogens with zero attached hydrogens (tertiary/aromatic N) is 1. The third-order valence-electron chi connectivity index (χ3n) is 4.40. The topological polar surface area (TPSA) is 46.3 Å². The third-order valence-corrected chi connectivity index (χ3v) is 4.40. The van der Waals surface area contributed by atoms with E-state index in [9.17, 15) is 9.18 Å². The zero-order chi connectivity index (χ0) is 15.2. The highest BCUT2D eigenvalue weighted by molar-refractivity contribution is 5.76. The smallest absolute Gasteiger partial charge is 0.223 e. The second kappa shape index (κ2) is 7.55. The Balaban J connectivity index is 1.95. The van der Waals surface area contributed by atoms with Crippen LogP contribution in [-0.2, 0) is 11.3 Å². The molecule has 0 saturated heterocycles. The zero-order valence-corrected chi connectivity index (χ0v) is 12.7. The van der Waals surface area contributed by atoms with Crippen molar-refractivity contribution < 1.29 is 9.18 Å². The first-order chi connectivity index (χ1) is 10.1. The van der Waals surface area contributed by atoms with Crippen LogP contribution in [0.25, 0.3) is 0 Å². The molecule has 0 aliphatic heterocycles. The lowest BCUT2D eigenvalue weighted by atomic mass is 9.82. The predicted octanol–water partition coefficient (Wildman–Crippen LogP) is 3.08. The van der Waals surface area contributed by atoms with Gasteiger partial charge in [-0.05, 0) is 43.4 Å². The average Bonchev–Trinajstić information content (AvgIpc) is 2.47. The molecular formula is C17H25FN2O. The number of hydrogen-bond acceptors (Lipinski definition) is 2. The van der Waals surface area contributed by atoms with Gasteiger partial charge in [-0.25, -0.2) is 4.39 Å². The predicted molar refractivity (Wildman–Crippen MR) is 82.0 cm³/mol. The first-order valence-electron chi connectivity index (χ1n) is 7.88. The van der Waals surface area contributed by atoms with E-state index in [1.54, 1.807) is 11.0 Å². The molecule has 0 heterocycles. The summed E-state index contributed by atoms with van der Waals surface area (Å²) in [5.74, 6) is 0.169. The van der Waals surface area contributed by atoms with Crippen LogP contribution in [0.5, 0.6) is 0 Å². The summed E-state index contributed by atoms with van der Waals surface area (Å²) in [7, 11) is 0. The van der Waals surface area contributed by atoms with E-state index in [1.165, 1.54) is 25.0 Å². The Morgan fingerprint density at radius 2 is 2.14 bits per heavy atom. The molecule has 2 atom stereocenters. The van der Waals surface area contributed by atoms with Gasteiger partial charge in [-0.1, -0.05) is 25.0 Å². The fourth-order valence-corrected chi connectivity index (χ4v) is 3.08. The fraction of sp³-hybridized carbons (Fsp3) is 0.588. The first-order valence-corrected chi connectivity index (χ1v) is 7.88. The maximum atomic E-state index is 13.2. The molecule has 1 aromatic carbocycles. The Hall–Kier alpha value is -1.42. The Kier molecular flexibility index (Phi) is 5.74. The van der Waals surface area contributed by atoms with Gasteiger partial charge in [0.1, 0.15) is 5.82 Å². The molecule has 1 aromatic rings. The Morgan fingerprint density at radius 1 is 1.38 bits per heavy atom. The molecule has 1 aliphatic rings. The van der Waals surface area contributed by atoms with E-state index >= 15 is 0 Å². The zero-order valence-electron chi connectivity index (χ0n) is 12.7. The molecule has 0 spiro atoms. The second-order valence-electron chi connectivity index (χ2n) is 5.95. The van der Waals surface area contributed by atoms with Crippen LogP contribution in [0.1, 0.15) is 44.6 Å². The number of rotatable bonds is 5. The number of halogens is 1. The van der Waals surface area contributed by atoms with Crippen LogP contribution in [0.4, 0.5) is 4.39 Å². The van der Waals surface area contributed by atoms with E-state index in [4.69, 9.17) is 5.73 Å². The van der Waals surface area contributed by atoms with Crippen LogP contribution in [0, 0.1) is 11.7 Å². The molecule has 1 saturated carbocycles. The number of nitrogens with two attached hydrogens (primary N) is 1. The van der Waals surface area contributed by atoms with Crippen molar-refractivity contribution in [2.75, 3.05) is 6.54 Å². The van der Waals surface area contributed by atoms with Crippen molar-refractivity contribution >= 4 is 5.91 Å². The minimum Gasteiger partial charge on any atom is -0.339 e. The monoisotopic (exact) mass is 292 g/mol. The van der Waals surface area contributed by atoms with E-state index in [2.05, 4.69) is 0 Å². The number of benzene rings is 1. The van der Waals surface area contributed by atoms with Crippen molar-refractivity contribution in [2.24, 2.45) is 11.7 Å². The van der Waals surface area contributed by atoms with Gasteiger partial charge >= 0.3 is 0 Å². The summed E-state index contributed by atoms with van der Waals surface area (Å²) in [4.78, 5) is 14.2. The fourth-order valence-electron chi connectivity index (χ4n) is 3.08. The lowest BCUT2D eigenvalue weighted by Gasteiger charge is -2.30. The minimum atomic E-state index is -0.259. The van der Waals surface area contributed by atoms with Crippen molar-refractivity contribution in [2.45, 2.75) is 51.6 Å². The van der Waals surface area contributed by atoms with E-state index in [1.807, 2.05) is 13.0 Å². The highest BCUT2D eigenvalue weighted by atomic mass is 19.1. The van der Waals surface area contributed by atoms with Gasteiger partial charge in [0, 0.05) is 25.6 Å². The largest absolute Gasteiger partial charge is 0.339 e. The molecule has 2 unspecified atom stereocenters. The van der Waals surface area contributed by atoms with Gasteiger partial charge in [0.2, 0.25) is 5.91 Å². The molecular weight excluding hydrogens is 267 g/mol. The van der Waals surface area contributed by atoms with Gasteiger partial charge in [-0.3, -0.25) is 4.79 Å². The lowest BCUT2D eigenvalue weighted by molar-refractivity contribution is -0.133. The molecule has 0 aromatic heterocycles. The summed E-state index contributed by atoms with van der Waals surface area (Å²) in [6, 6.07) is 6.59. The maximum absolute atomic E-state index is 13.2. The van der Waals surface area contributed by atoms with Gasteiger partial charge in [0.05, 0.1) is 0 Å². The van der Waals surface area contributed by atoms with Crippen LogP contribution in [0.2, 0.25) is 0 Å². The van der Waals surface area contributed by atoms with Gasteiger partial charge in [0.25, 0.3) is 0 Å². The van der Waals surface area contributed by atoms with Crippen LogP contribution >= 0.6 is 0 Å². The molecule has 3 nitrogen and oxygen atoms in total. The van der Waals surface area contributed by atoms with Crippen molar-refractivity contribution in [3.05, 3.63) is 35.6 Å². The van der Waals surface area contributed by atoms with Crippen LogP contribution in [0.3, 0.4) is 0 Å². The second-order valence-corrected chi connectivity index (χ2v) is 5.95. The maximum Gasteiger partial charge on any atom is 0.223 e. The standard InChI is InChI=1S/C17H25FN2O/c1-2-20(12-13-6-5-8-15(18)10-13)17(21)11-14-7-3-4-9-16(14)19/h5-6,8,10,14,16H,2-4,7,9,11-12,19H2,1H3. The molecule has 1 aliphatic carbocycles. The lowest BCUT2D eigenvalue weighted by Crippen LogP contribution is -2.38. The number of amides is 1. The van der Waals surface area contributed by atoms with Crippen molar-refractivity contribution in [3.8, 4) is 0 Å². The molecule has 21 heavy (non-hydrogen) atoms. The summed E-state index contributed by atoms with van der Waals surface area (Å²) in [6.45, 7) is 3.06. The molecule has 1 fully saturated rings. The molecule has 0 radical (unpaired) electrons. The number of hydrogen-bond donors (Lipinski definition) is 1. The van der Waals surface area contributed by atoms with E-state index in [0.717, 1.165) is 18.4 Å². The normalized spacial score (nSPS) is 22.0. The van der Waals surface area contributed by atoms with Crippen molar-refractivity contribution in [3.63, 3.8) is 0 Å². The van der Waals surface area contributed by atoms with Crippen LogP contribution in [-0.4, -0.2) is 23.4 Å². The summed E-state index contributed by atoms with van der Waals surface area (Å²) >= 11 is 0. The minimum absolute atomic E-state index is 0.129. The molecule has 2 N–H and O–H groups in total.